The number of benzene rings is 4. The Morgan fingerprint density at radius 2 is 1.39 bits per heavy atom. The first-order valence-corrected chi connectivity index (χ1v) is 11.8. The molecule has 0 unspecified atom stereocenters. The maximum atomic E-state index is 6.03. The summed E-state index contributed by atoms with van der Waals surface area (Å²) in [5, 5.41) is 8.68. The van der Waals surface area contributed by atoms with Crippen LogP contribution in [0, 0.1) is 4.77 Å². The van der Waals surface area contributed by atoms with Crippen molar-refractivity contribution in [2.24, 2.45) is 0 Å². The van der Waals surface area contributed by atoms with Crippen molar-refractivity contribution in [1.82, 2.24) is 14.3 Å². The molecule has 6 heteroatoms. The average Bonchev–Trinajstić information content (AvgIpc) is 3.21. The standard InChI is InChI=1S/C27H21BrN4S/c28-22-14-10-13-21(19-22)26-30-32(27(33)31(26)24-17-8-3-9-18-24)25(20-11-4-1-5-12-20)29-23-15-6-2-7-16-23/h1-19,25,29H/t25-/m1/s1. The molecule has 0 bridgehead atoms. The first-order chi connectivity index (χ1) is 16.2. The lowest BCUT2D eigenvalue weighted by Gasteiger charge is -2.20. The molecule has 0 spiro atoms. The summed E-state index contributed by atoms with van der Waals surface area (Å²) >= 11 is 9.63. The summed E-state index contributed by atoms with van der Waals surface area (Å²) in [6, 6.07) is 38.6. The molecule has 0 saturated heterocycles. The lowest BCUT2D eigenvalue weighted by Crippen LogP contribution is -2.21. The second-order valence-corrected chi connectivity index (χ2v) is 8.84. The minimum absolute atomic E-state index is 0.281. The van der Waals surface area contributed by atoms with E-state index in [-0.39, 0.29) is 6.17 Å². The fourth-order valence-electron chi connectivity index (χ4n) is 3.79. The van der Waals surface area contributed by atoms with Crippen LogP contribution in [0.25, 0.3) is 17.1 Å². The second-order valence-electron chi connectivity index (χ2n) is 7.56. The van der Waals surface area contributed by atoms with Gasteiger partial charge in [0.05, 0.1) is 0 Å². The Balaban J connectivity index is 1.73. The van der Waals surface area contributed by atoms with E-state index in [0.29, 0.717) is 4.77 Å². The highest BCUT2D eigenvalue weighted by atomic mass is 79.9. The quantitative estimate of drug-likeness (QED) is 0.239. The van der Waals surface area contributed by atoms with E-state index in [4.69, 9.17) is 17.3 Å². The third-order valence-electron chi connectivity index (χ3n) is 5.34. The van der Waals surface area contributed by atoms with E-state index >= 15 is 0 Å². The van der Waals surface area contributed by atoms with Crippen LogP contribution in [0.15, 0.2) is 120 Å². The summed E-state index contributed by atoms with van der Waals surface area (Å²) in [6.07, 6.45) is -0.281. The Kier molecular flexibility index (Phi) is 6.19. The zero-order chi connectivity index (χ0) is 22.6. The Hall–Kier alpha value is -3.48. The lowest BCUT2D eigenvalue weighted by atomic mass is 10.1. The summed E-state index contributed by atoms with van der Waals surface area (Å²) in [5.74, 6) is 0.781. The highest BCUT2D eigenvalue weighted by molar-refractivity contribution is 9.10. The van der Waals surface area contributed by atoms with Crippen LogP contribution in [0.4, 0.5) is 5.69 Å². The van der Waals surface area contributed by atoms with Crippen LogP contribution < -0.4 is 5.32 Å². The van der Waals surface area contributed by atoms with Gasteiger partial charge in [-0.25, -0.2) is 4.68 Å². The van der Waals surface area contributed by atoms with Gasteiger partial charge in [-0.1, -0.05) is 94.8 Å². The maximum Gasteiger partial charge on any atom is 0.205 e. The zero-order valence-electron chi connectivity index (χ0n) is 17.7. The van der Waals surface area contributed by atoms with Crippen molar-refractivity contribution in [3.8, 4) is 17.1 Å². The molecule has 1 atom stereocenters. The molecule has 1 aromatic heterocycles. The monoisotopic (exact) mass is 512 g/mol. The highest BCUT2D eigenvalue weighted by Crippen LogP contribution is 2.29. The van der Waals surface area contributed by atoms with E-state index in [1.165, 1.54) is 0 Å². The molecule has 1 N–H and O–H groups in total. The highest BCUT2D eigenvalue weighted by Gasteiger charge is 2.22. The van der Waals surface area contributed by atoms with Crippen molar-refractivity contribution < 1.29 is 0 Å². The van der Waals surface area contributed by atoms with E-state index in [9.17, 15) is 0 Å². The van der Waals surface area contributed by atoms with Gasteiger partial charge in [0.2, 0.25) is 4.77 Å². The SMILES string of the molecule is S=c1n([C@@H](Nc2ccccc2)c2ccccc2)nc(-c2cccc(Br)c2)n1-c1ccccc1. The van der Waals surface area contributed by atoms with E-state index in [1.54, 1.807) is 0 Å². The predicted molar refractivity (Wildman–Crippen MR) is 140 cm³/mol. The van der Waals surface area contributed by atoms with E-state index in [2.05, 4.69) is 39.4 Å². The molecule has 0 aliphatic heterocycles. The third kappa shape index (κ3) is 4.53. The van der Waals surface area contributed by atoms with Crippen molar-refractivity contribution in [2.75, 3.05) is 5.32 Å². The number of hydrogen-bond donors (Lipinski definition) is 1. The van der Waals surface area contributed by atoms with Crippen molar-refractivity contribution in [1.29, 1.82) is 0 Å². The third-order valence-corrected chi connectivity index (χ3v) is 6.20. The van der Waals surface area contributed by atoms with Crippen molar-refractivity contribution in [3.63, 3.8) is 0 Å². The first-order valence-electron chi connectivity index (χ1n) is 10.6. The molecule has 0 saturated carbocycles. The van der Waals surface area contributed by atoms with Gasteiger partial charge in [0.25, 0.3) is 0 Å². The first kappa shape index (κ1) is 21.4. The van der Waals surface area contributed by atoms with Crippen molar-refractivity contribution >= 4 is 33.8 Å². The van der Waals surface area contributed by atoms with E-state index < -0.39 is 0 Å². The number of aromatic nitrogens is 3. The molecule has 5 aromatic rings. The van der Waals surface area contributed by atoms with Gasteiger partial charge in [-0.3, -0.25) is 4.57 Å². The minimum atomic E-state index is -0.281. The van der Waals surface area contributed by atoms with Crippen LogP contribution in [0.5, 0.6) is 0 Å². The second kappa shape index (κ2) is 9.57. The molecular weight excluding hydrogens is 492 g/mol. The van der Waals surface area contributed by atoms with Crippen LogP contribution in [0.2, 0.25) is 0 Å². The molecular formula is C27H21BrN4S. The van der Waals surface area contributed by atoms with Gasteiger partial charge in [-0.2, -0.15) is 0 Å². The molecule has 5 rings (SSSR count). The maximum absolute atomic E-state index is 6.03. The fourth-order valence-corrected chi connectivity index (χ4v) is 4.53. The summed E-state index contributed by atoms with van der Waals surface area (Å²) in [4.78, 5) is 0. The van der Waals surface area contributed by atoms with E-state index in [0.717, 1.165) is 32.8 Å². The molecule has 162 valence electrons. The van der Waals surface area contributed by atoms with Crippen LogP contribution in [-0.4, -0.2) is 14.3 Å². The summed E-state index contributed by atoms with van der Waals surface area (Å²) in [5.41, 5.74) is 4.00. The topological polar surface area (TPSA) is 34.8 Å². The lowest BCUT2D eigenvalue weighted by molar-refractivity contribution is 0.566. The number of nitrogens with one attached hydrogen (secondary N) is 1. The normalized spacial score (nSPS) is 11.8. The zero-order valence-corrected chi connectivity index (χ0v) is 20.1. The Morgan fingerprint density at radius 1 is 0.758 bits per heavy atom. The van der Waals surface area contributed by atoms with Gasteiger partial charge in [-0.05, 0) is 54.2 Å². The summed E-state index contributed by atoms with van der Waals surface area (Å²) in [7, 11) is 0. The molecule has 4 aromatic carbocycles. The predicted octanol–water partition coefficient (Wildman–Crippen LogP) is 7.49. The summed E-state index contributed by atoms with van der Waals surface area (Å²) in [6.45, 7) is 0. The van der Waals surface area contributed by atoms with Gasteiger partial charge in [0, 0.05) is 21.4 Å². The number of para-hydroxylation sites is 2. The van der Waals surface area contributed by atoms with Gasteiger partial charge in [-0.15, -0.1) is 5.10 Å². The van der Waals surface area contributed by atoms with Gasteiger partial charge < -0.3 is 5.32 Å². The molecule has 0 aliphatic carbocycles. The molecule has 1 heterocycles. The number of hydrogen-bond acceptors (Lipinski definition) is 3. The Morgan fingerprint density at radius 3 is 2.06 bits per heavy atom. The smallest absolute Gasteiger partial charge is 0.205 e. The van der Waals surface area contributed by atoms with Crippen LogP contribution in [0.1, 0.15) is 11.7 Å². The van der Waals surface area contributed by atoms with Crippen molar-refractivity contribution in [2.45, 2.75) is 6.17 Å². The Labute approximate surface area is 206 Å². The number of anilines is 1. The number of halogens is 1. The van der Waals surface area contributed by atoms with Crippen LogP contribution in [0.3, 0.4) is 0 Å². The number of nitrogens with zero attached hydrogens (tertiary/aromatic N) is 3. The molecule has 0 amide bonds. The average molecular weight is 513 g/mol. The summed E-state index contributed by atoms with van der Waals surface area (Å²) < 4.78 is 5.51. The Bertz CT molecular complexity index is 1410. The fraction of sp³-hybridized carbons (Fsp3) is 0.0370. The van der Waals surface area contributed by atoms with Crippen molar-refractivity contribution in [3.05, 3.63) is 130 Å². The molecule has 0 fully saturated rings. The largest absolute Gasteiger partial charge is 0.360 e. The molecule has 0 aliphatic rings. The van der Waals surface area contributed by atoms with E-state index in [1.807, 2.05) is 106 Å². The van der Waals surface area contributed by atoms with Crippen LogP contribution in [-0.2, 0) is 0 Å². The molecule has 33 heavy (non-hydrogen) atoms. The molecule has 0 radical (unpaired) electrons. The van der Waals surface area contributed by atoms with Gasteiger partial charge in [0.15, 0.2) is 5.82 Å². The van der Waals surface area contributed by atoms with Gasteiger partial charge in [0.1, 0.15) is 6.17 Å². The van der Waals surface area contributed by atoms with Gasteiger partial charge >= 0.3 is 0 Å². The van der Waals surface area contributed by atoms with Crippen LogP contribution >= 0.6 is 28.1 Å². The minimum Gasteiger partial charge on any atom is -0.360 e. The molecule has 4 nitrogen and oxygen atoms in total. The number of rotatable bonds is 6.